The number of rotatable bonds is 2. The molecule has 0 aliphatic carbocycles. The first-order chi connectivity index (χ1) is 8.56. The van der Waals surface area contributed by atoms with E-state index in [4.69, 9.17) is 5.73 Å². The average molecular weight is 247 g/mol. The van der Waals surface area contributed by atoms with Crippen LogP contribution in [-0.4, -0.2) is 25.0 Å². The number of piperidine rings is 1. The van der Waals surface area contributed by atoms with Crippen molar-refractivity contribution in [3.63, 3.8) is 0 Å². The number of nitrogens with zero attached hydrogens (tertiary/aromatic N) is 1. The first-order valence-electron chi connectivity index (χ1n) is 6.44. The van der Waals surface area contributed by atoms with Gasteiger partial charge in [0.1, 0.15) is 0 Å². The molecule has 0 aromatic heterocycles. The summed E-state index contributed by atoms with van der Waals surface area (Å²) in [5.41, 5.74) is 9.08. The number of anilines is 2. The third-order valence-electron chi connectivity index (χ3n) is 3.53. The Morgan fingerprint density at radius 2 is 2.06 bits per heavy atom. The van der Waals surface area contributed by atoms with Crippen molar-refractivity contribution in [1.29, 1.82) is 0 Å². The van der Waals surface area contributed by atoms with Crippen LogP contribution in [0, 0.1) is 6.92 Å². The Bertz CT molecular complexity index is 437. The highest BCUT2D eigenvalue weighted by atomic mass is 16.1. The Labute approximate surface area is 108 Å². The third-order valence-corrected chi connectivity index (χ3v) is 3.53. The van der Waals surface area contributed by atoms with Gasteiger partial charge in [0.05, 0.1) is 0 Å². The second kappa shape index (κ2) is 5.29. The van der Waals surface area contributed by atoms with Crippen LogP contribution in [-0.2, 0) is 4.79 Å². The summed E-state index contributed by atoms with van der Waals surface area (Å²) >= 11 is 0. The van der Waals surface area contributed by atoms with Gasteiger partial charge in [0.2, 0.25) is 5.91 Å². The number of nitrogen functional groups attached to an aromatic ring is 1. The summed E-state index contributed by atoms with van der Waals surface area (Å²) in [4.78, 5) is 13.3. The van der Waals surface area contributed by atoms with E-state index in [1.807, 2.05) is 13.0 Å². The number of nitrogens with two attached hydrogens (primary N) is 1. The average Bonchev–Trinajstić information content (AvgIpc) is 2.33. The lowest BCUT2D eigenvalue weighted by Crippen LogP contribution is -2.44. The maximum atomic E-state index is 11.0. The summed E-state index contributed by atoms with van der Waals surface area (Å²) in [5, 5.41) is 2.98. The van der Waals surface area contributed by atoms with E-state index in [1.165, 1.54) is 5.69 Å². The van der Waals surface area contributed by atoms with E-state index in [1.54, 1.807) is 6.92 Å². The van der Waals surface area contributed by atoms with Gasteiger partial charge in [-0.15, -0.1) is 0 Å². The van der Waals surface area contributed by atoms with Gasteiger partial charge in [-0.2, -0.15) is 0 Å². The molecule has 4 nitrogen and oxygen atoms in total. The quantitative estimate of drug-likeness (QED) is 0.782. The fourth-order valence-corrected chi connectivity index (χ4v) is 2.39. The highest BCUT2D eigenvalue weighted by Crippen LogP contribution is 2.24. The van der Waals surface area contributed by atoms with Crippen LogP contribution in [0.2, 0.25) is 0 Å². The smallest absolute Gasteiger partial charge is 0.217 e. The molecule has 1 saturated heterocycles. The molecule has 1 aliphatic rings. The number of nitrogens with one attached hydrogen (secondary N) is 1. The summed E-state index contributed by atoms with van der Waals surface area (Å²) in [6, 6.07) is 6.53. The van der Waals surface area contributed by atoms with E-state index in [2.05, 4.69) is 22.3 Å². The second-order valence-electron chi connectivity index (χ2n) is 5.00. The van der Waals surface area contributed by atoms with Crippen molar-refractivity contribution in [1.82, 2.24) is 5.32 Å². The molecular formula is C14H21N3O. The van der Waals surface area contributed by atoms with Crippen LogP contribution in [0.1, 0.15) is 25.3 Å². The van der Waals surface area contributed by atoms with Crippen LogP contribution in [0.5, 0.6) is 0 Å². The highest BCUT2D eigenvalue weighted by molar-refractivity contribution is 5.73. The molecule has 0 saturated carbocycles. The molecule has 1 aromatic rings. The van der Waals surface area contributed by atoms with E-state index in [0.29, 0.717) is 6.04 Å². The zero-order valence-corrected chi connectivity index (χ0v) is 11.1. The fraction of sp³-hybridized carbons (Fsp3) is 0.500. The molecular weight excluding hydrogens is 226 g/mol. The molecule has 0 spiro atoms. The van der Waals surface area contributed by atoms with Crippen molar-refractivity contribution in [2.75, 3.05) is 23.7 Å². The van der Waals surface area contributed by atoms with Crippen molar-refractivity contribution in [2.45, 2.75) is 32.7 Å². The lowest BCUT2D eigenvalue weighted by Gasteiger charge is -2.34. The van der Waals surface area contributed by atoms with Crippen molar-refractivity contribution in [3.05, 3.63) is 23.8 Å². The van der Waals surface area contributed by atoms with Gasteiger partial charge in [0.25, 0.3) is 0 Å². The van der Waals surface area contributed by atoms with Crippen molar-refractivity contribution in [3.8, 4) is 0 Å². The Kier molecular flexibility index (Phi) is 3.75. The Balaban J connectivity index is 1.96. The first-order valence-corrected chi connectivity index (χ1v) is 6.44. The number of benzene rings is 1. The van der Waals surface area contributed by atoms with Crippen LogP contribution in [0.15, 0.2) is 18.2 Å². The van der Waals surface area contributed by atoms with Crippen LogP contribution in [0.25, 0.3) is 0 Å². The maximum Gasteiger partial charge on any atom is 0.217 e. The largest absolute Gasteiger partial charge is 0.398 e. The van der Waals surface area contributed by atoms with Crippen LogP contribution in [0.3, 0.4) is 0 Å². The number of aryl methyl sites for hydroxylation is 1. The fourth-order valence-electron chi connectivity index (χ4n) is 2.39. The minimum Gasteiger partial charge on any atom is -0.398 e. The van der Waals surface area contributed by atoms with E-state index in [-0.39, 0.29) is 5.91 Å². The molecule has 1 heterocycles. The molecule has 1 fully saturated rings. The molecule has 3 N–H and O–H groups in total. The van der Waals surface area contributed by atoms with Crippen molar-refractivity contribution >= 4 is 17.3 Å². The lowest BCUT2D eigenvalue weighted by molar-refractivity contribution is -0.119. The minimum atomic E-state index is 0.0630. The summed E-state index contributed by atoms with van der Waals surface area (Å²) in [5.74, 6) is 0.0630. The summed E-state index contributed by atoms with van der Waals surface area (Å²) in [6.45, 7) is 5.52. The SMILES string of the molecule is CC(=O)NC1CCN(c2ccc(C)c(N)c2)CC1. The van der Waals surface area contributed by atoms with E-state index >= 15 is 0 Å². The Morgan fingerprint density at radius 1 is 1.39 bits per heavy atom. The topological polar surface area (TPSA) is 58.4 Å². The monoisotopic (exact) mass is 247 g/mol. The first kappa shape index (κ1) is 12.7. The summed E-state index contributed by atoms with van der Waals surface area (Å²) in [6.07, 6.45) is 1.99. The highest BCUT2D eigenvalue weighted by Gasteiger charge is 2.19. The number of carbonyl (C=O) groups excluding carboxylic acids is 1. The van der Waals surface area contributed by atoms with Crippen molar-refractivity contribution in [2.24, 2.45) is 0 Å². The molecule has 0 unspecified atom stereocenters. The molecule has 1 amide bonds. The van der Waals surface area contributed by atoms with Crippen LogP contribution < -0.4 is 16.0 Å². The molecule has 0 bridgehead atoms. The number of hydrogen-bond donors (Lipinski definition) is 2. The molecule has 0 radical (unpaired) electrons. The molecule has 0 atom stereocenters. The summed E-state index contributed by atoms with van der Waals surface area (Å²) in [7, 11) is 0. The zero-order valence-electron chi connectivity index (χ0n) is 11.1. The van der Waals surface area contributed by atoms with Gasteiger partial charge in [0.15, 0.2) is 0 Å². The van der Waals surface area contributed by atoms with Gasteiger partial charge in [-0.3, -0.25) is 4.79 Å². The van der Waals surface area contributed by atoms with E-state index in [9.17, 15) is 4.79 Å². The Hall–Kier alpha value is -1.71. The summed E-state index contributed by atoms with van der Waals surface area (Å²) < 4.78 is 0. The number of amides is 1. The molecule has 1 aliphatic heterocycles. The molecule has 2 rings (SSSR count). The minimum absolute atomic E-state index is 0.0630. The molecule has 18 heavy (non-hydrogen) atoms. The zero-order chi connectivity index (χ0) is 13.1. The van der Waals surface area contributed by atoms with Gasteiger partial charge >= 0.3 is 0 Å². The van der Waals surface area contributed by atoms with E-state index in [0.717, 1.165) is 37.2 Å². The van der Waals surface area contributed by atoms with Gasteiger partial charge in [-0.05, 0) is 37.5 Å². The number of carbonyl (C=O) groups is 1. The third kappa shape index (κ3) is 2.94. The van der Waals surface area contributed by atoms with Gasteiger partial charge in [0, 0.05) is 37.4 Å². The normalized spacial score (nSPS) is 16.7. The van der Waals surface area contributed by atoms with Crippen LogP contribution >= 0.6 is 0 Å². The standard InChI is InChI=1S/C14H21N3O/c1-10-3-4-13(9-14(10)15)17-7-5-12(6-8-17)16-11(2)18/h3-4,9,12H,5-8,15H2,1-2H3,(H,16,18). The predicted octanol–water partition coefficient (Wildman–Crippen LogP) is 1.68. The predicted molar refractivity (Wildman–Crippen MR) is 74.6 cm³/mol. The lowest BCUT2D eigenvalue weighted by atomic mass is 10.0. The van der Waals surface area contributed by atoms with Gasteiger partial charge in [-0.25, -0.2) is 0 Å². The Morgan fingerprint density at radius 3 is 2.61 bits per heavy atom. The molecule has 98 valence electrons. The van der Waals surface area contributed by atoms with E-state index < -0.39 is 0 Å². The second-order valence-corrected chi connectivity index (χ2v) is 5.00. The van der Waals surface area contributed by atoms with Crippen molar-refractivity contribution < 1.29 is 4.79 Å². The van der Waals surface area contributed by atoms with Gasteiger partial charge < -0.3 is 16.0 Å². The number of hydrogen-bond acceptors (Lipinski definition) is 3. The van der Waals surface area contributed by atoms with Crippen LogP contribution in [0.4, 0.5) is 11.4 Å². The maximum absolute atomic E-state index is 11.0. The van der Waals surface area contributed by atoms with Gasteiger partial charge in [-0.1, -0.05) is 6.07 Å². The molecule has 1 aromatic carbocycles. The molecule has 4 heteroatoms.